The maximum atomic E-state index is 4.24. The van der Waals surface area contributed by atoms with Gasteiger partial charge in [-0.25, -0.2) is 0 Å². The summed E-state index contributed by atoms with van der Waals surface area (Å²) in [5.41, 5.74) is 0. The molecule has 2 aliphatic heterocycles. The van der Waals surface area contributed by atoms with Crippen molar-refractivity contribution in [3.63, 3.8) is 0 Å². The largest absolute Gasteiger partial charge is 0.300 e. The van der Waals surface area contributed by atoms with Crippen molar-refractivity contribution in [3.8, 4) is 0 Å². The predicted molar refractivity (Wildman–Crippen MR) is 61.0 cm³/mol. The van der Waals surface area contributed by atoms with Gasteiger partial charge in [0.05, 0.1) is 6.04 Å². The topological polar surface area (TPSA) is 34.0 Å². The van der Waals surface area contributed by atoms with E-state index >= 15 is 0 Å². The molecule has 0 radical (unpaired) electrons. The van der Waals surface area contributed by atoms with E-state index in [4.69, 9.17) is 0 Å². The Labute approximate surface area is 98.1 Å². The standard InChI is InChI=1S/C10H15N4.Al.2H/c1-13-8-2-3-9(13)7-10(6-8)14-5-4-11-12-14;;;/h5,8-10H,2-3,6-7H2,1H3;;;. The van der Waals surface area contributed by atoms with Gasteiger partial charge in [0.2, 0.25) is 0 Å². The molecule has 4 nitrogen and oxygen atoms in total. The van der Waals surface area contributed by atoms with Crippen molar-refractivity contribution in [2.75, 3.05) is 7.05 Å². The monoisotopic (exact) mass is 220 g/mol. The van der Waals surface area contributed by atoms with E-state index in [2.05, 4.69) is 33.1 Å². The van der Waals surface area contributed by atoms with E-state index in [9.17, 15) is 0 Å². The minimum atomic E-state index is 0.605. The van der Waals surface area contributed by atoms with Gasteiger partial charge < -0.3 is 4.90 Å². The smallest absolute Gasteiger partial charge is 0.295 e. The van der Waals surface area contributed by atoms with Crippen molar-refractivity contribution in [1.82, 2.24) is 19.9 Å². The summed E-state index contributed by atoms with van der Waals surface area (Å²) in [6.45, 7) is 0. The van der Waals surface area contributed by atoms with Gasteiger partial charge in [0.15, 0.2) is 0 Å². The minimum absolute atomic E-state index is 0.605. The van der Waals surface area contributed by atoms with Crippen LogP contribution in [0.15, 0.2) is 6.20 Å². The van der Waals surface area contributed by atoms with Crippen LogP contribution in [0.1, 0.15) is 31.7 Å². The normalized spacial score (nSPS) is 35.9. The summed E-state index contributed by atoms with van der Waals surface area (Å²) >= 11 is 1.01. The van der Waals surface area contributed by atoms with Crippen molar-refractivity contribution in [2.24, 2.45) is 0 Å². The molecule has 3 rings (SSSR count). The van der Waals surface area contributed by atoms with Crippen LogP contribution in [-0.2, 0) is 0 Å². The van der Waals surface area contributed by atoms with Gasteiger partial charge >= 0.3 is 0 Å². The Bertz CT molecular complexity index is 350. The summed E-state index contributed by atoms with van der Waals surface area (Å²) in [6, 6.07) is 2.18. The Kier molecular flexibility index (Phi) is 2.35. The molecule has 3 heterocycles. The van der Waals surface area contributed by atoms with Gasteiger partial charge in [0, 0.05) is 18.3 Å². The van der Waals surface area contributed by atoms with Crippen LogP contribution in [0.4, 0.5) is 0 Å². The second-order valence-electron chi connectivity index (χ2n) is 5.02. The lowest BCUT2D eigenvalue weighted by molar-refractivity contribution is 0.130. The lowest BCUT2D eigenvalue weighted by atomic mass is 9.98. The van der Waals surface area contributed by atoms with Gasteiger partial charge in [-0.3, -0.25) is 4.68 Å². The number of hydrogen-bond donors (Lipinski definition) is 0. The molecule has 15 heavy (non-hydrogen) atoms. The zero-order valence-corrected chi connectivity index (χ0v) is 11.4. The summed E-state index contributed by atoms with van der Waals surface area (Å²) in [5.74, 6) is 0. The first kappa shape index (κ1) is 9.83. The molecule has 2 aliphatic rings. The second-order valence-corrected chi connectivity index (χ2v) is 6.04. The number of rotatable bonds is 1. The van der Waals surface area contributed by atoms with E-state index in [1.165, 1.54) is 30.2 Å². The van der Waals surface area contributed by atoms with Crippen LogP contribution < -0.4 is 4.56 Å². The van der Waals surface area contributed by atoms with Crippen LogP contribution in [-0.4, -0.2) is 55.3 Å². The zero-order chi connectivity index (χ0) is 10.4. The molecule has 0 aliphatic carbocycles. The molecule has 2 bridgehead atoms. The summed E-state index contributed by atoms with van der Waals surface area (Å²) in [4.78, 5) is 2.56. The van der Waals surface area contributed by atoms with Crippen molar-refractivity contribution in [2.45, 2.75) is 43.8 Å². The number of fused-ring (bicyclic) bond motifs is 2. The number of hydrogen-bond acceptors (Lipinski definition) is 3. The zero-order valence-electron chi connectivity index (χ0n) is 9.43. The average Bonchev–Trinajstić information content (AvgIpc) is 2.70. The molecule has 0 saturated carbocycles. The Morgan fingerprint density at radius 3 is 2.47 bits per heavy atom. The first-order valence-electron chi connectivity index (χ1n) is 5.84. The van der Waals surface area contributed by atoms with E-state index in [1.807, 2.05) is 0 Å². The molecule has 1 aromatic rings. The molecule has 5 heteroatoms. The second kappa shape index (κ2) is 3.59. The van der Waals surface area contributed by atoms with Crippen LogP contribution in [0.3, 0.4) is 0 Å². The van der Waals surface area contributed by atoms with E-state index < -0.39 is 0 Å². The number of nitrogens with zero attached hydrogens (tertiary/aromatic N) is 4. The highest BCUT2D eigenvalue weighted by atomic mass is 27.0. The average molecular weight is 220 g/mol. The predicted octanol–water partition coefficient (Wildman–Crippen LogP) is -0.666. The Morgan fingerprint density at radius 1 is 1.27 bits per heavy atom. The maximum absolute atomic E-state index is 4.24. The highest BCUT2D eigenvalue weighted by Gasteiger charge is 2.39. The molecule has 0 aromatic carbocycles. The van der Waals surface area contributed by atoms with Crippen LogP contribution in [0, 0.1) is 0 Å². The SMILES string of the molecule is CN1C2CCC1CC(n1c[c]([AlH2])nn1)C2. The van der Waals surface area contributed by atoms with Gasteiger partial charge in [-0.15, -0.1) is 0 Å². The lowest BCUT2D eigenvalue weighted by Gasteiger charge is -2.36. The molecule has 2 atom stereocenters. The van der Waals surface area contributed by atoms with Crippen LogP contribution in [0.2, 0.25) is 0 Å². The highest BCUT2D eigenvalue weighted by molar-refractivity contribution is 6.30. The summed E-state index contributed by atoms with van der Waals surface area (Å²) in [6.07, 6.45) is 7.41. The first-order chi connectivity index (χ1) is 7.24. The van der Waals surface area contributed by atoms with Crippen LogP contribution in [0.25, 0.3) is 0 Å². The molecule has 0 N–H and O–H groups in total. The molecule has 2 fully saturated rings. The van der Waals surface area contributed by atoms with E-state index in [-0.39, 0.29) is 0 Å². The fraction of sp³-hybridized carbons (Fsp3) is 0.800. The molecule has 0 spiro atoms. The molecule has 0 amide bonds. The van der Waals surface area contributed by atoms with Gasteiger partial charge in [-0.2, -0.15) is 5.10 Å². The fourth-order valence-corrected chi connectivity index (χ4v) is 3.50. The molecular formula is C10H17AlN4. The quantitative estimate of drug-likeness (QED) is 0.589. The Balaban J connectivity index is 1.80. The third kappa shape index (κ3) is 1.63. The summed E-state index contributed by atoms with van der Waals surface area (Å²) < 4.78 is 3.28. The third-order valence-electron chi connectivity index (χ3n) is 4.07. The van der Waals surface area contributed by atoms with Crippen LogP contribution in [0.5, 0.6) is 0 Å². The maximum Gasteiger partial charge on any atom is 0.295 e. The Hall–Kier alpha value is -0.368. The third-order valence-corrected chi connectivity index (χ3v) is 4.53. The number of piperidine rings is 1. The molecule has 2 saturated heterocycles. The fourth-order valence-electron chi connectivity index (χ4n) is 3.14. The van der Waals surface area contributed by atoms with Gasteiger partial charge in [0.1, 0.15) is 0 Å². The first-order valence-corrected chi connectivity index (χ1v) is 6.84. The van der Waals surface area contributed by atoms with E-state index in [0.717, 1.165) is 28.4 Å². The molecule has 80 valence electrons. The van der Waals surface area contributed by atoms with Crippen molar-refractivity contribution >= 4 is 20.8 Å². The summed E-state index contributed by atoms with van der Waals surface area (Å²) in [5, 5.41) is 8.39. The lowest BCUT2D eigenvalue weighted by Crippen LogP contribution is -2.40. The Morgan fingerprint density at radius 2 is 1.93 bits per heavy atom. The van der Waals surface area contributed by atoms with Crippen molar-refractivity contribution < 1.29 is 0 Å². The van der Waals surface area contributed by atoms with Gasteiger partial charge in [0.25, 0.3) is 16.3 Å². The molecule has 2 unspecified atom stereocenters. The van der Waals surface area contributed by atoms with Gasteiger partial charge in [-0.05, 0) is 37.3 Å². The minimum Gasteiger partial charge on any atom is -0.300 e. The van der Waals surface area contributed by atoms with Crippen molar-refractivity contribution in [3.05, 3.63) is 6.20 Å². The van der Waals surface area contributed by atoms with E-state index in [1.54, 1.807) is 0 Å². The molecule has 1 aromatic heterocycles. The van der Waals surface area contributed by atoms with E-state index in [0.29, 0.717) is 6.04 Å². The number of aromatic nitrogens is 3. The summed E-state index contributed by atoms with van der Waals surface area (Å²) in [7, 11) is 2.28. The molecular weight excluding hydrogens is 203 g/mol. The van der Waals surface area contributed by atoms with Crippen LogP contribution >= 0.6 is 0 Å². The highest BCUT2D eigenvalue weighted by Crippen LogP contribution is 2.38. The van der Waals surface area contributed by atoms with Crippen molar-refractivity contribution in [1.29, 1.82) is 0 Å². The van der Waals surface area contributed by atoms with Gasteiger partial charge in [-0.1, -0.05) is 5.21 Å².